The average Bonchev–Trinajstić information content (AvgIpc) is 3.00. The van der Waals surface area contributed by atoms with E-state index in [0.717, 1.165) is 30.6 Å². The molecular formula is C18H22Cl3N5. The van der Waals surface area contributed by atoms with E-state index in [9.17, 15) is 0 Å². The first kappa shape index (κ1) is 19.6. The van der Waals surface area contributed by atoms with Gasteiger partial charge < -0.3 is 10.2 Å². The Bertz CT molecular complexity index is 745. The van der Waals surface area contributed by atoms with Gasteiger partial charge in [-0.25, -0.2) is 4.98 Å². The molecular weight excluding hydrogens is 393 g/mol. The zero-order valence-corrected chi connectivity index (χ0v) is 17.1. The van der Waals surface area contributed by atoms with Gasteiger partial charge in [-0.15, -0.1) is 0 Å². The molecule has 1 N–H and O–H groups in total. The Morgan fingerprint density at radius 2 is 1.88 bits per heavy atom. The number of nitrogens with zero attached hydrogens (tertiary/aromatic N) is 4. The van der Waals surface area contributed by atoms with Crippen LogP contribution in [0.25, 0.3) is 11.4 Å². The van der Waals surface area contributed by atoms with E-state index in [1.807, 2.05) is 31.2 Å². The number of hydrogen-bond acceptors (Lipinski definition) is 5. The predicted octanol–water partition coefficient (Wildman–Crippen LogP) is 4.57. The quantitative estimate of drug-likeness (QED) is 0.726. The SMILES string of the molecule is Cc1ccc(-c2nc(NCCC3CCCN3C)nc(C(Cl)(Cl)Cl)n2)cc1. The number of rotatable bonds is 5. The molecule has 0 radical (unpaired) electrons. The molecule has 0 amide bonds. The second kappa shape index (κ2) is 8.26. The third-order valence-electron chi connectivity index (χ3n) is 4.63. The molecule has 3 rings (SSSR count). The van der Waals surface area contributed by atoms with Crippen molar-refractivity contribution in [1.29, 1.82) is 0 Å². The maximum Gasteiger partial charge on any atom is 0.250 e. The van der Waals surface area contributed by atoms with Crippen molar-refractivity contribution < 1.29 is 0 Å². The van der Waals surface area contributed by atoms with Crippen LogP contribution >= 0.6 is 34.8 Å². The molecule has 1 aliphatic heterocycles. The van der Waals surface area contributed by atoms with E-state index in [1.54, 1.807) is 0 Å². The van der Waals surface area contributed by atoms with Crippen LogP contribution in [0.2, 0.25) is 0 Å². The van der Waals surface area contributed by atoms with Crippen LogP contribution in [0.5, 0.6) is 0 Å². The average molecular weight is 415 g/mol. The first-order valence-corrected chi connectivity index (χ1v) is 9.81. The summed E-state index contributed by atoms with van der Waals surface area (Å²) in [7, 11) is 2.16. The van der Waals surface area contributed by atoms with Gasteiger partial charge in [0.25, 0.3) is 0 Å². The van der Waals surface area contributed by atoms with Crippen molar-refractivity contribution in [3.8, 4) is 11.4 Å². The highest BCUT2D eigenvalue weighted by atomic mass is 35.6. The fourth-order valence-electron chi connectivity index (χ4n) is 3.11. The van der Waals surface area contributed by atoms with E-state index < -0.39 is 3.79 Å². The monoisotopic (exact) mass is 413 g/mol. The largest absolute Gasteiger partial charge is 0.354 e. The molecule has 2 heterocycles. The molecule has 0 spiro atoms. The van der Waals surface area contributed by atoms with Crippen LogP contribution in [-0.4, -0.2) is 46.0 Å². The van der Waals surface area contributed by atoms with Crippen LogP contribution in [0.3, 0.4) is 0 Å². The molecule has 1 unspecified atom stereocenters. The molecule has 26 heavy (non-hydrogen) atoms. The van der Waals surface area contributed by atoms with E-state index >= 15 is 0 Å². The van der Waals surface area contributed by atoms with Gasteiger partial charge in [0.15, 0.2) is 11.6 Å². The highest BCUT2D eigenvalue weighted by Gasteiger charge is 2.28. The van der Waals surface area contributed by atoms with Gasteiger partial charge in [0.2, 0.25) is 9.74 Å². The molecule has 8 heteroatoms. The lowest BCUT2D eigenvalue weighted by Crippen LogP contribution is -2.27. The van der Waals surface area contributed by atoms with Gasteiger partial charge in [0.05, 0.1) is 0 Å². The maximum atomic E-state index is 6.02. The van der Waals surface area contributed by atoms with Crippen molar-refractivity contribution in [1.82, 2.24) is 19.9 Å². The summed E-state index contributed by atoms with van der Waals surface area (Å²) in [5.41, 5.74) is 2.01. The summed E-state index contributed by atoms with van der Waals surface area (Å²) in [5, 5.41) is 3.26. The van der Waals surface area contributed by atoms with E-state index in [-0.39, 0.29) is 5.82 Å². The van der Waals surface area contributed by atoms with Crippen LogP contribution in [0, 0.1) is 6.92 Å². The van der Waals surface area contributed by atoms with Gasteiger partial charge in [-0.3, -0.25) is 0 Å². The Balaban J connectivity index is 1.79. The van der Waals surface area contributed by atoms with Gasteiger partial charge in [-0.05, 0) is 39.8 Å². The van der Waals surface area contributed by atoms with Crippen molar-refractivity contribution in [2.75, 3.05) is 25.5 Å². The van der Waals surface area contributed by atoms with E-state index in [2.05, 4.69) is 32.2 Å². The Kier molecular flexibility index (Phi) is 6.23. The van der Waals surface area contributed by atoms with Crippen molar-refractivity contribution in [3.63, 3.8) is 0 Å². The van der Waals surface area contributed by atoms with Crippen LogP contribution in [-0.2, 0) is 3.79 Å². The molecule has 0 aliphatic carbocycles. The number of hydrogen-bond donors (Lipinski definition) is 1. The van der Waals surface area contributed by atoms with Gasteiger partial charge in [-0.1, -0.05) is 64.6 Å². The lowest BCUT2D eigenvalue weighted by atomic mass is 10.1. The molecule has 1 aromatic carbocycles. The minimum atomic E-state index is -1.70. The number of benzene rings is 1. The number of aryl methyl sites for hydroxylation is 1. The summed E-state index contributed by atoms with van der Waals surface area (Å²) in [6.07, 6.45) is 3.50. The Morgan fingerprint density at radius 1 is 1.15 bits per heavy atom. The second-order valence-corrected chi connectivity index (χ2v) is 8.94. The molecule has 0 saturated carbocycles. The Morgan fingerprint density at radius 3 is 2.50 bits per heavy atom. The summed E-state index contributed by atoms with van der Waals surface area (Å²) >= 11 is 18.0. The van der Waals surface area contributed by atoms with Gasteiger partial charge in [-0.2, -0.15) is 9.97 Å². The first-order valence-electron chi connectivity index (χ1n) is 8.67. The molecule has 1 fully saturated rings. The lowest BCUT2D eigenvalue weighted by molar-refractivity contribution is 0.301. The number of likely N-dealkylation sites (tertiary alicyclic amines) is 1. The summed E-state index contributed by atoms with van der Waals surface area (Å²) in [6, 6.07) is 8.48. The van der Waals surface area contributed by atoms with Crippen molar-refractivity contribution in [3.05, 3.63) is 35.7 Å². The molecule has 1 saturated heterocycles. The third kappa shape index (κ3) is 4.97. The molecule has 1 atom stereocenters. The minimum absolute atomic E-state index is 0.119. The molecule has 140 valence electrons. The molecule has 2 aromatic rings. The summed E-state index contributed by atoms with van der Waals surface area (Å²) in [6.45, 7) is 3.94. The standard InChI is InChI=1S/C18H22Cl3N5/c1-12-5-7-13(8-6-12)15-23-16(18(19,20)21)25-17(24-15)22-10-9-14-4-3-11-26(14)2/h5-8,14H,3-4,9-11H2,1-2H3,(H,22,23,24,25). The van der Waals surface area contributed by atoms with Crippen LogP contribution in [0.1, 0.15) is 30.7 Å². The van der Waals surface area contributed by atoms with Gasteiger partial charge in [0.1, 0.15) is 0 Å². The highest BCUT2D eigenvalue weighted by molar-refractivity contribution is 6.66. The molecule has 5 nitrogen and oxygen atoms in total. The lowest BCUT2D eigenvalue weighted by Gasteiger charge is -2.19. The topological polar surface area (TPSA) is 53.9 Å². The zero-order valence-electron chi connectivity index (χ0n) is 14.8. The summed E-state index contributed by atoms with van der Waals surface area (Å²) in [5.74, 6) is 1.04. The number of nitrogens with one attached hydrogen (secondary N) is 1. The van der Waals surface area contributed by atoms with Crippen molar-refractivity contribution >= 4 is 40.8 Å². The Hall–Kier alpha value is -1.14. The normalized spacial score (nSPS) is 18.3. The van der Waals surface area contributed by atoms with E-state index in [0.29, 0.717) is 17.8 Å². The van der Waals surface area contributed by atoms with Crippen LogP contribution in [0.4, 0.5) is 5.95 Å². The van der Waals surface area contributed by atoms with Gasteiger partial charge >= 0.3 is 0 Å². The predicted molar refractivity (Wildman–Crippen MR) is 108 cm³/mol. The van der Waals surface area contributed by atoms with Crippen molar-refractivity contribution in [2.24, 2.45) is 0 Å². The van der Waals surface area contributed by atoms with E-state index in [1.165, 1.54) is 12.8 Å². The van der Waals surface area contributed by atoms with Gasteiger partial charge in [0, 0.05) is 18.2 Å². The number of halogens is 3. The molecule has 1 aliphatic rings. The first-order chi connectivity index (χ1) is 12.3. The Labute approximate surface area is 169 Å². The molecule has 0 bridgehead atoms. The third-order valence-corrected chi connectivity index (χ3v) is 5.14. The number of anilines is 1. The zero-order chi connectivity index (χ0) is 18.7. The fraction of sp³-hybridized carbons (Fsp3) is 0.500. The summed E-state index contributed by atoms with van der Waals surface area (Å²) in [4.78, 5) is 15.5. The minimum Gasteiger partial charge on any atom is -0.354 e. The van der Waals surface area contributed by atoms with Crippen molar-refractivity contribution in [2.45, 2.75) is 36.0 Å². The summed E-state index contributed by atoms with van der Waals surface area (Å²) < 4.78 is -1.70. The smallest absolute Gasteiger partial charge is 0.250 e. The number of alkyl halides is 3. The highest BCUT2D eigenvalue weighted by Crippen LogP contribution is 2.36. The maximum absolute atomic E-state index is 6.02. The second-order valence-electron chi connectivity index (χ2n) is 6.66. The van der Waals surface area contributed by atoms with E-state index in [4.69, 9.17) is 34.8 Å². The van der Waals surface area contributed by atoms with Crippen LogP contribution < -0.4 is 5.32 Å². The molecule has 1 aromatic heterocycles. The number of aromatic nitrogens is 3. The van der Waals surface area contributed by atoms with Crippen LogP contribution in [0.15, 0.2) is 24.3 Å². The fourth-order valence-corrected chi connectivity index (χ4v) is 3.36.